The molecular weight excluding hydrogens is 412 g/mol. The summed E-state index contributed by atoms with van der Waals surface area (Å²) in [6, 6.07) is 14.9. The molecule has 0 saturated carbocycles. The van der Waals surface area contributed by atoms with Gasteiger partial charge in [0, 0.05) is 22.6 Å². The minimum atomic E-state index is -0.193. The van der Waals surface area contributed by atoms with Crippen LogP contribution in [-0.4, -0.2) is 34.9 Å². The third kappa shape index (κ3) is 4.29. The Labute approximate surface area is 184 Å². The van der Waals surface area contributed by atoms with Gasteiger partial charge in [0.25, 0.3) is 5.91 Å². The molecular formula is C23H22N4O3S. The highest BCUT2D eigenvalue weighted by molar-refractivity contribution is 7.12. The fourth-order valence-corrected chi connectivity index (χ4v) is 3.99. The fraction of sp³-hybridized carbons (Fsp3) is 0.174. The van der Waals surface area contributed by atoms with Gasteiger partial charge in [-0.05, 0) is 44.2 Å². The number of anilines is 1. The van der Waals surface area contributed by atoms with E-state index in [1.54, 1.807) is 25.0 Å². The molecule has 0 aliphatic carbocycles. The number of carbonyl (C=O) groups excluding carboxylic acids is 1. The van der Waals surface area contributed by atoms with Crippen molar-refractivity contribution in [3.8, 4) is 27.9 Å². The Balaban J connectivity index is 1.63. The van der Waals surface area contributed by atoms with Crippen molar-refractivity contribution >= 4 is 23.1 Å². The molecule has 0 unspecified atom stereocenters. The summed E-state index contributed by atoms with van der Waals surface area (Å²) in [5.74, 6) is 1.67. The van der Waals surface area contributed by atoms with E-state index >= 15 is 0 Å². The molecule has 1 N–H and O–H groups in total. The molecule has 1 amide bonds. The maximum absolute atomic E-state index is 12.7. The number of ether oxygens (including phenoxy) is 2. The van der Waals surface area contributed by atoms with Crippen LogP contribution in [0.5, 0.6) is 11.5 Å². The van der Waals surface area contributed by atoms with Crippen LogP contribution in [-0.2, 0) is 0 Å². The number of hydrogen-bond acceptors (Lipinski definition) is 6. The van der Waals surface area contributed by atoms with Crippen LogP contribution in [0.15, 0.2) is 53.9 Å². The molecule has 0 radical (unpaired) electrons. The first kappa shape index (κ1) is 20.6. The lowest BCUT2D eigenvalue weighted by molar-refractivity contribution is 0.102. The second-order valence-corrected chi connectivity index (χ2v) is 7.83. The maximum Gasteiger partial charge on any atom is 0.256 e. The highest BCUT2D eigenvalue weighted by Gasteiger charge is 2.16. The molecule has 8 heteroatoms. The van der Waals surface area contributed by atoms with Crippen LogP contribution < -0.4 is 14.8 Å². The second kappa shape index (κ2) is 8.61. The lowest BCUT2D eigenvalue weighted by Gasteiger charge is -2.08. The molecule has 0 bridgehead atoms. The molecule has 0 saturated heterocycles. The van der Waals surface area contributed by atoms with Crippen molar-refractivity contribution < 1.29 is 14.3 Å². The van der Waals surface area contributed by atoms with Crippen molar-refractivity contribution in [2.24, 2.45) is 0 Å². The third-order valence-corrected chi connectivity index (χ3v) is 5.52. The Morgan fingerprint density at radius 2 is 1.84 bits per heavy atom. The van der Waals surface area contributed by atoms with Gasteiger partial charge in [-0.2, -0.15) is 9.78 Å². The van der Waals surface area contributed by atoms with E-state index in [9.17, 15) is 4.79 Å². The molecule has 2 aromatic carbocycles. The first-order valence-corrected chi connectivity index (χ1v) is 10.5. The van der Waals surface area contributed by atoms with E-state index in [0.717, 1.165) is 22.5 Å². The van der Waals surface area contributed by atoms with Gasteiger partial charge in [-0.1, -0.05) is 17.7 Å². The number of thiazole rings is 1. The summed E-state index contributed by atoms with van der Waals surface area (Å²) in [4.78, 5) is 17.4. The minimum Gasteiger partial charge on any atom is -0.493 e. The molecule has 4 aromatic rings. The zero-order valence-electron chi connectivity index (χ0n) is 17.7. The highest BCUT2D eigenvalue weighted by atomic mass is 32.1. The number of aromatic nitrogens is 3. The molecule has 0 fully saturated rings. The average molecular weight is 435 g/mol. The van der Waals surface area contributed by atoms with Crippen LogP contribution in [0.1, 0.15) is 21.6 Å². The molecule has 0 atom stereocenters. The molecule has 158 valence electrons. The molecule has 2 heterocycles. The number of amides is 1. The van der Waals surface area contributed by atoms with Gasteiger partial charge >= 0.3 is 0 Å². The van der Waals surface area contributed by atoms with Crippen molar-refractivity contribution in [2.45, 2.75) is 13.8 Å². The summed E-state index contributed by atoms with van der Waals surface area (Å²) < 4.78 is 12.3. The van der Waals surface area contributed by atoms with E-state index in [1.807, 2.05) is 61.7 Å². The number of methoxy groups -OCH3 is 2. The Morgan fingerprint density at radius 3 is 2.58 bits per heavy atom. The molecule has 0 spiro atoms. The van der Waals surface area contributed by atoms with Gasteiger partial charge in [0.1, 0.15) is 5.82 Å². The Morgan fingerprint density at radius 1 is 1.03 bits per heavy atom. The number of nitrogens with one attached hydrogen (secondary N) is 1. The number of rotatable bonds is 6. The smallest absolute Gasteiger partial charge is 0.256 e. The van der Waals surface area contributed by atoms with Gasteiger partial charge in [-0.3, -0.25) is 4.79 Å². The molecule has 4 rings (SSSR count). The molecule has 2 aromatic heterocycles. The number of carbonyl (C=O) groups is 1. The topological polar surface area (TPSA) is 78.3 Å². The van der Waals surface area contributed by atoms with E-state index < -0.39 is 0 Å². The molecule has 31 heavy (non-hydrogen) atoms. The predicted octanol–water partition coefficient (Wildman–Crippen LogP) is 4.88. The Hall–Kier alpha value is -3.65. The number of benzene rings is 2. The van der Waals surface area contributed by atoms with Crippen LogP contribution >= 0.6 is 11.3 Å². The summed E-state index contributed by atoms with van der Waals surface area (Å²) in [5, 5.41) is 10.1. The number of hydrogen-bond donors (Lipinski definition) is 1. The summed E-state index contributed by atoms with van der Waals surface area (Å²) in [6.07, 6.45) is 0. The van der Waals surface area contributed by atoms with Gasteiger partial charge in [0.05, 0.1) is 25.6 Å². The van der Waals surface area contributed by atoms with Crippen LogP contribution in [0.3, 0.4) is 0 Å². The van der Waals surface area contributed by atoms with E-state index in [2.05, 4.69) is 10.4 Å². The van der Waals surface area contributed by atoms with E-state index in [4.69, 9.17) is 14.5 Å². The van der Waals surface area contributed by atoms with Crippen molar-refractivity contribution in [1.29, 1.82) is 0 Å². The van der Waals surface area contributed by atoms with E-state index in [-0.39, 0.29) is 5.91 Å². The van der Waals surface area contributed by atoms with E-state index in [1.165, 1.54) is 11.3 Å². The van der Waals surface area contributed by atoms with Crippen LogP contribution in [0.4, 0.5) is 5.82 Å². The summed E-state index contributed by atoms with van der Waals surface area (Å²) >= 11 is 1.44. The van der Waals surface area contributed by atoms with Gasteiger partial charge in [0.2, 0.25) is 5.13 Å². The van der Waals surface area contributed by atoms with Gasteiger partial charge in [-0.15, -0.1) is 11.3 Å². The number of aryl methyl sites for hydroxylation is 2. The maximum atomic E-state index is 12.7. The third-order valence-electron chi connectivity index (χ3n) is 4.71. The summed E-state index contributed by atoms with van der Waals surface area (Å²) in [7, 11) is 3.20. The summed E-state index contributed by atoms with van der Waals surface area (Å²) in [5.41, 5.74) is 4.08. The predicted molar refractivity (Wildman–Crippen MR) is 122 cm³/mol. The van der Waals surface area contributed by atoms with Gasteiger partial charge in [-0.25, -0.2) is 4.98 Å². The Kier molecular flexibility index (Phi) is 5.73. The Bertz CT molecular complexity index is 1250. The van der Waals surface area contributed by atoms with Crippen LogP contribution in [0.25, 0.3) is 16.4 Å². The largest absolute Gasteiger partial charge is 0.493 e. The second-order valence-electron chi connectivity index (χ2n) is 6.99. The van der Waals surface area contributed by atoms with Crippen molar-refractivity contribution in [1.82, 2.24) is 14.8 Å². The lowest BCUT2D eigenvalue weighted by Crippen LogP contribution is -2.15. The molecule has 0 aliphatic rings. The first-order chi connectivity index (χ1) is 15.0. The standard InChI is InChI=1S/C23H22N4O3S/c1-14-6-5-7-17(10-14)22(28)25-21-11-15(2)26-27(21)23-24-18(13-31-23)16-8-9-19(29-3)20(12-16)30-4/h5-13H,1-4H3,(H,25,28). The molecule has 0 aliphatic heterocycles. The monoisotopic (exact) mass is 434 g/mol. The van der Waals surface area contributed by atoms with Gasteiger partial charge in [0.15, 0.2) is 11.5 Å². The molecule has 7 nitrogen and oxygen atoms in total. The number of nitrogens with zero attached hydrogens (tertiary/aromatic N) is 3. The van der Waals surface area contributed by atoms with E-state index in [0.29, 0.717) is 28.0 Å². The zero-order chi connectivity index (χ0) is 22.0. The van der Waals surface area contributed by atoms with Crippen molar-refractivity contribution in [2.75, 3.05) is 19.5 Å². The quantitative estimate of drug-likeness (QED) is 0.468. The average Bonchev–Trinajstić information content (AvgIpc) is 3.39. The first-order valence-electron chi connectivity index (χ1n) is 9.61. The SMILES string of the molecule is COc1ccc(-c2csc(-n3nc(C)cc3NC(=O)c3cccc(C)c3)n2)cc1OC. The normalized spacial score (nSPS) is 10.7. The lowest BCUT2D eigenvalue weighted by atomic mass is 10.1. The fourth-order valence-electron chi connectivity index (χ4n) is 3.20. The van der Waals surface area contributed by atoms with Crippen LogP contribution in [0.2, 0.25) is 0 Å². The van der Waals surface area contributed by atoms with Crippen molar-refractivity contribution in [3.63, 3.8) is 0 Å². The zero-order valence-corrected chi connectivity index (χ0v) is 18.5. The minimum absolute atomic E-state index is 0.193. The van der Waals surface area contributed by atoms with Gasteiger partial charge < -0.3 is 14.8 Å². The highest BCUT2D eigenvalue weighted by Crippen LogP contribution is 2.33. The van der Waals surface area contributed by atoms with Crippen molar-refractivity contribution in [3.05, 3.63) is 70.7 Å². The summed E-state index contributed by atoms with van der Waals surface area (Å²) in [6.45, 7) is 3.83. The van der Waals surface area contributed by atoms with Crippen LogP contribution in [0, 0.1) is 13.8 Å².